The summed E-state index contributed by atoms with van der Waals surface area (Å²) in [6.07, 6.45) is 12.7. The first kappa shape index (κ1) is 25.5. The number of unbranched alkanes of at least 4 members (excludes halogenated alkanes) is 10. The molecule has 0 aromatic rings. The molecule has 6 heteroatoms. The predicted molar refractivity (Wildman–Crippen MR) is 89.8 cm³/mol. The average molecular weight is 345 g/mol. The number of carboxylic acid groups (broad SMARTS) is 2. The third-order valence-electron chi connectivity index (χ3n) is 3.28. The van der Waals surface area contributed by atoms with Crippen molar-refractivity contribution in [2.45, 2.75) is 83.5 Å². The minimum Gasteiger partial charge on any atom is -0.481 e. The van der Waals surface area contributed by atoms with Gasteiger partial charge in [-0.3, -0.25) is 9.59 Å². The van der Waals surface area contributed by atoms with Crippen LogP contribution in [0.5, 0.6) is 0 Å². The van der Waals surface area contributed by atoms with Crippen LogP contribution in [-0.2, 0) is 9.59 Å². The first-order valence-corrected chi connectivity index (χ1v) is 7.56. The Kier molecular flexibility index (Phi) is 23.7. The second-order valence-corrected chi connectivity index (χ2v) is 5.18. The van der Waals surface area contributed by atoms with Gasteiger partial charge in [0.2, 0.25) is 0 Å². The largest absolute Gasteiger partial charge is 0.481 e. The van der Waals surface area contributed by atoms with Gasteiger partial charge < -0.3 is 10.2 Å². The van der Waals surface area contributed by atoms with Gasteiger partial charge in [0.05, 0.1) is 0 Å². The van der Waals surface area contributed by atoms with Gasteiger partial charge in [-0.1, -0.05) is 57.8 Å². The van der Waals surface area contributed by atoms with Crippen LogP contribution in [0.4, 0.5) is 0 Å². The van der Waals surface area contributed by atoms with Crippen molar-refractivity contribution in [2.75, 3.05) is 0 Å². The number of carboxylic acids is 2. The molecule has 0 aromatic heterocycles. The molecule has 0 aromatic carbocycles. The van der Waals surface area contributed by atoms with E-state index in [0.717, 1.165) is 38.5 Å². The summed E-state index contributed by atoms with van der Waals surface area (Å²) in [6, 6.07) is 0. The lowest BCUT2D eigenvalue weighted by Gasteiger charge is -2.02. The molecule has 0 saturated heterocycles. The molecule has 0 heterocycles. The van der Waals surface area contributed by atoms with Crippen LogP contribution < -0.4 is 0 Å². The van der Waals surface area contributed by atoms with Crippen LogP contribution in [-0.4, -0.2) is 22.2 Å². The third kappa shape index (κ3) is 24.9. The van der Waals surface area contributed by atoms with E-state index < -0.39 is 11.9 Å². The smallest absolute Gasteiger partial charge is 0.303 e. The maximum Gasteiger partial charge on any atom is 0.303 e. The Balaban J connectivity index is -0.00000162. The summed E-state index contributed by atoms with van der Waals surface area (Å²) in [4.78, 5) is 20.6. The Hall–Kier alpha value is -0.480. The number of hydrogen-bond acceptors (Lipinski definition) is 2. The van der Waals surface area contributed by atoms with Crippen LogP contribution in [0.3, 0.4) is 0 Å². The van der Waals surface area contributed by atoms with Gasteiger partial charge in [0.1, 0.15) is 0 Å². The minimum atomic E-state index is -0.692. The summed E-state index contributed by atoms with van der Waals surface area (Å²) < 4.78 is 0. The van der Waals surface area contributed by atoms with Crippen molar-refractivity contribution in [1.82, 2.24) is 0 Å². The van der Waals surface area contributed by atoms with Crippen LogP contribution in [0.25, 0.3) is 0 Å². The lowest BCUT2D eigenvalue weighted by molar-refractivity contribution is -0.138. The summed E-state index contributed by atoms with van der Waals surface area (Å²) in [5, 5.41) is 16.9. The van der Waals surface area contributed by atoms with E-state index in [2.05, 4.69) is 0 Å². The Bertz CT molecular complexity index is 224. The molecule has 0 aliphatic heterocycles. The SMILES string of the molecule is Cl.Cl.O=C(O)CCCCCCCCCCCCCC(=O)O. The summed E-state index contributed by atoms with van der Waals surface area (Å²) >= 11 is 0. The Morgan fingerprint density at radius 2 is 0.667 bits per heavy atom. The van der Waals surface area contributed by atoms with Gasteiger partial charge in [0.15, 0.2) is 0 Å². The van der Waals surface area contributed by atoms with Crippen LogP contribution in [0.1, 0.15) is 83.5 Å². The molecule has 0 bridgehead atoms. The van der Waals surface area contributed by atoms with E-state index in [4.69, 9.17) is 10.2 Å². The molecule has 0 amide bonds. The molecule has 0 spiro atoms. The Morgan fingerprint density at radius 1 is 0.476 bits per heavy atom. The molecule has 0 radical (unpaired) electrons. The zero-order valence-electron chi connectivity index (χ0n) is 12.7. The van der Waals surface area contributed by atoms with Gasteiger partial charge in [-0.2, -0.15) is 0 Å². The highest BCUT2D eigenvalue weighted by atomic mass is 35.5. The van der Waals surface area contributed by atoms with Crippen molar-refractivity contribution in [3.8, 4) is 0 Å². The second-order valence-electron chi connectivity index (χ2n) is 5.18. The number of carbonyl (C=O) groups is 2. The highest BCUT2D eigenvalue weighted by Crippen LogP contribution is 2.12. The minimum absolute atomic E-state index is 0. The molecule has 0 rings (SSSR count). The molecule has 0 atom stereocenters. The van der Waals surface area contributed by atoms with Gasteiger partial charge >= 0.3 is 11.9 Å². The first-order valence-electron chi connectivity index (χ1n) is 7.56. The lowest BCUT2D eigenvalue weighted by Crippen LogP contribution is -1.93. The van der Waals surface area contributed by atoms with Crippen molar-refractivity contribution < 1.29 is 19.8 Å². The summed E-state index contributed by atoms with van der Waals surface area (Å²) in [6.45, 7) is 0. The molecule has 0 aliphatic rings. The van der Waals surface area contributed by atoms with Crippen molar-refractivity contribution in [1.29, 1.82) is 0 Å². The van der Waals surface area contributed by atoms with Crippen LogP contribution in [0, 0.1) is 0 Å². The fourth-order valence-corrected chi connectivity index (χ4v) is 2.14. The van der Waals surface area contributed by atoms with Crippen LogP contribution >= 0.6 is 24.8 Å². The fourth-order valence-electron chi connectivity index (χ4n) is 2.14. The van der Waals surface area contributed by atoms with Gasteiger partial charge in [-0.05, 0) is 12.8 Å². The molecule has 0 aliphatic carbocycles. The maximum atomic E-state index is 10.3. The number of halogens is 2. The maximum absolute atomic E-state index is 10.3. The third-order valence-corrected chi connectivity index (χ3v) is 3.28. The van der Waals surface area contributed by atoms with Gasteiger partial charge in [0.25, 0.3) is 0 Å². The van der Waals surface area contributed by atoms with Crippen molar-refractivity contribution in [3.63, 3.8) is 0 Å². The molecule has 21 heavy (non-hydrogen) atoms. The topological polar surface area (TPSA) is 74.6 Å². The van der Waals surface area contributed by atoms with E-state index in [-0.39, 0.29) is 24.8 Å². The number of hydrogen-bond donors (Lipinski definition) is 2. The molecule has 4 nitrogen and oxygen atoms in total. The van der Waals surface area contributed by atoms with E-state index in [1.807, 2.05) is 0 Å². The fraction of sp³-hybridized carbons (Fsp3) is 0.867. The zero-order valence-corrected chi connectivity index (χ0v) is 14.4. The number of rotatable bonds is 14. The first-order chi connectivity index (χ1) is 9.13. The molecular formula is C15H30Cl2O4. The number of aliphatic carboxylic acids is 2. The van der Waals surface area contributed by atoms with E-state index in [0.29, 0.717) is 12.8 Å². The summed E-state index contributed by atoms with van der Waals surface area (Å²) in [7, 11) is 0. The highest BCUT2D eigenvalue weighted by molar-refractivity contribution is 5.85. The highest BCUT2D eigenvalue weighted by Gasteiger charge is 1.98. The lowest BCUT2D eigenvalue weighted by atomic mass is 10.0. The Morgan fingerprint density at radius 3 is 0.857 bits per heavy atom. The van der Waals surface area contributed by atoms with Crippen molar-refractivity contribution in [3.05, 3.63) is 0 Å². The zero-order chi connectivity index (χ0) is 14.3. The second kappa shape index (κ2) is 19.5. The van der Waals surface area contributed by atoms with Gasteiger partial charge in [0, 0.05) is 12.8 Å². The van der Waals surface area contributed by atoms with Crippen molar-refractivity contribution in [2.24, 2.45) is 0 Å². The van der Waals surface area contributed by atoms with Crippen molar-refractivity contribution >= 4 is 36.8 Å². The standard InChI is InChI=1S/C15H28O4.2ClH/c16-14(17)12-10-8-6-4-2-1-3-5-7-9-11-13-15(18)19;;/h1-13H2,(H,16,17)(H,18,19);2*1H. The summed E-state index contributed by atoms with van der Waals surface area (Å²) in [5.41, 5.74) is 0. The normalized spacial score (nSPS) is 9.52. The summed E-state index contributed by atoms with van der Waals surface area (Å²) in [5.74, 6) is -1.38. The van der Waals surface area contributed by atoms with E-state index >= 15 is 0 Å². The molecule has 0 unspecified atom stereocenters. The van der Waals surface area contributed by atoms with E-state index in [1.165, 1.54) is 32.1 Å². The molecular weight excluding hydrogens is 315 g/mol. The Labute approximate surface area is 140 Å². The molecule has 0 saturated carbocycles. The molecule has 0 fully saturated rings. The molecule has 128 valence electrons. The quantitative estimate of drug-likeness (QED) is 0.431. The van der Waals surface area contributed by atoms with Gasteiger partial charge in [-0.15, -0.1) is 24.8 Å². The van der Waals surface area contributed by atoms with E-state index in [1.54, 1.807) is 0 Å². The van der Waals surface area contributed by atoms with Crippen LogP contribution in [0.2, 0.25) is 0 Å². The van der Waals surface area contributed by atoms with Crippen LogP contribution in [0.15, 0.2) is 0 Å². The molecule has 2 N–H and O–H groups in total. The predicted octanol–water partition coefficient (Wildman–Crippen LogP) is 5.07. The average Bonchev–Trinajstić information content (AvgIpc) is 2.34. The monoisotopic (exact) mass is 344 g/mol. The van der Waals surface area contributed by atoms with E-state index in [9.17, 15) is 9.59 Å². The van der Waals surface area contributed by atoms with Gasteiger partial charge in [-0.25, -0.2) is 0 Å².